The molecule has 3 aromatic rings. The number of fused-ring (bicyclic) bond motifs is 1. The number of aliphatic hydroxyl groups excluding tert-OH is 1. The van der Waals surface area contributed by atoms with Crippen LogP contribution in [0.5, 0.6) is 5.75 Å². The number of halogens is 1. The second-order valence-corrected chi connectivity index (χ2v) is 7.69. The van der Waals surface area contributed by atoms with Gasteiger partial charge >= 0.3 is 0 Å². The Hall–Kier alpha value is -2.72. The highest BCUT2D eigenvalue weighted by Gasteiger charge is 2.53. The number of rotatable bonds is 5. The van der Waals surface area contributed by atoms with Gasteiger partial charge in [0.1, 0.15) is 47.3 Å². The second-order valence-electron chi connectivity index (χ2n) is 7.33. The first kappa shape index (κ1) is 20.5. The Morgan fingerprint density at radius 2 is 2.20 bits per heavy atom. The van der Waals surface area contributed by atoms with E-state index in [1.54, 1.807) is 41.1 Å². The Balaban J connectivity index is 1.52. The molecule has 1 aliphatic rings. The third-order valence-electron chi connectivity index (χ3n) is 5.12. The molecule has 1 aromatic carbocycles. The molecule has 4 rings (SSSR count). The maximum atomic E-state index is 11.2. The molecule has 1 fully saturated rings. The molecule has 158 valence electrons. The lowest BCUT2D eigenvalue weighted by Crippen LogP contribution is -2.47. The Morgan fingerprint density at radius 3 is 2.97 bits per heavy atom. The smallest absolute Gasteiger partial charge is 0.221 e. The maximum absolute atomic E-state index is 11.2. The molecule has 1 amide bonds. The monoisotopic (exact) mass is 432 g/mol. The molecule has 9 nitrogen and oxygen atoms in total. The number of ether oxygens (including phenoxy) is 2. The summed E-state index contributed by atoms with van der Waals surface area (Å²) in [7, 11) is 0. The van der Waals surface area contributed by atoms with Crippen LogP contribution in [0, 0.1) is 0 Å². The Bertz CT molecular complexity index is 1090. The van der Waals surface area contributed by atoms with Crippen molar-refractivity contribution in [2.45, 2.75) is 37.9 Å². The van der Waals surface area contributed by atoms with Gasteiger partial charge in [0, 0.05) is 24.9 Å². The molecule has 0 bridgehead atoms. The highest BCUT2D eigenvalue weighted by molar-refractivity contribution is 6.33. The van der Waals surface area contributed by atoms with Crippen molar-refractivity contribution in [3.63, 3.8) is 0 Å². The van der Waals surface area contributed by atoms with Crippen LogP contribution >= 0.6 is 11.6 Å². The van der Waals surface area contributed by atoms with E-state index < -0.39 is 24.0 Å². The topological polar surface area (TPSA) is 119 Å². The van der Waals surface area contributed by atoms with Gasteiger partial charge in [-0.25, -0.2) is 9.97 Å². The summed E-state index contributed by atoms with van der Waals surface area (Å²) in [6, 6.07) is 8.58. The molecule has 0 aliphatic carbocycles. The fourth-order valence-electron chi connectivity index (χ4n) is 3.47. The molecule has 0 radical (unpaired) electrons. The van der Waals surface area contributed by atoms with Crippen molar-refractivity contribution in [2.24, 2.45) is 0 Å². The summed E-state index contributed by atoms with van der Waals surface area (Å²) in [6.45, 7) is 2.90. The minimum Gasteiger partial charge on any atom is -0.491 e. The van der Waals surface area contributed by atoms with Crippen molar-refractivity contribution < 1.29 is 24.5 Å². The summed E-state index contributed by atoms with van der Waals surface area (Å²) < 4.78 is 13.3. The van der Waals surface area contributed by atoms with E-state index in [1.165, 1.54) is 20.2 Å². The largest absolute Gasteiger partial charge is 0.491 e. The highest BCUT2D eigenvalue weighted by Crippen LogP contribution is 2.39. The molecule has 4 atom stereocenters. The number of carbonyl (C=O) groups excluding carboxylic acids is 1. The summed E-state index contributed by atoms with van der Waals surface area (Å²) >= 11 is 6.10. The number of hydrogen-bond acceptors (Lipinski definition) is 7. The number of nitrogens with zero attached hydrogens (tertiary/aromatic N) is 3. The number of nitrogens with one attached hydrogen (secondary N) is 1. The fraction of sp³-hybridized carbons (Fsp3) is 0.350. The van der Waals surface area contributed by atoms with Crippen LogP contribution in [0.3, 0.4) is 0 Å². The quantitative estimate of drug-likeness (QED) is 0.528. The van der Waals surface area contributed by atoms with Crippen molar-refractivity contribution >= 4 is 34.2 Å². The molecule has 0 saturated carbocycles. The minimum absolute atomic E-state index is 0.0149. The number of anilines is 1. The Labute approximate surface area is 177 Å². The van der Waals surface area contributed by atoms with Crippen LogP contribution < -0.4 is 10.1 Å². The van der Waals surface area contributed by atoms with Crippen LogP contribution in [0.4, 0.5) is 5.69 Å². The van der Waals surface area contributed by atoms with E-state index in [9.17, 15) is 15.0 Å². The van der Waals surface area contributed by atoms with Crippen LogP contribution in [-0.2, 0) is 9.53 Å². The predicted molar refractivity (Wildman–Crippen MR) is 109 cm³/mol. The lowest BCUT2D eigenvalue weighted by atomic mass is 9.95. The molecule has 0 unspecified atom stereocenters. The van der Waals surface area contributed by atoms with Crippen molar-refractivity contribution in [3.05, 3.63) is 48.0 Å². The third-order valence-corrected chi connectivity index (χ3v) is 5.42. The van der Waals surface area contributed by atoms with E-state index >= 15 is 0 Å². The first-order valence-corrected chi connectivity index (χ1v) is 9.68. The third kappa shape index (κ3) is 3.72. The number of carbonyl (C=O) groups is 1. The van der Waals surface area contributed by atoms with E-state index in [0.717, 1.165) is 0 Å². The minimum atomic E-state index is -1.58. The summed E-state index contributed by atoms with van der Waals surface area (Å²) in [6.07, 6.45) is 0.0548. The lowest BCUT2D eigenvalue weighted by molar-refractivity contribution is -0.114. The fourth-order valence-corrected chi connectivity index (χ4v) is 3.66. The lowest BCUT2D eigenvalue weighted by Gasteiger charge is -2.26. The molecule has 3 heterocycles. The normalized spacial score (nSPS) is 26.1. The number of aliphatic hydroxyl groups is 2. The van der Waals surface area contributed by atoms with Gasteiger partial charge < -0.3 is 29.6 Å². The van der Waals surface area contributed by atoms with Gasteiger partial charge in [-0.05, 0) is 25.1 Å². The van der Waals surface area contributed by atoms with Crippen LogP contribution in [0.25, 0.3) is 11.0 Å². The molecule has 10 heteroatoms. The molecule has 30 heavy (non-hydrogen) atoms. The second kappa shape index (κ2) is 7.84. The Morgan fingerprint density at radius 1 is 1.40 bits per heavy atom. The standard InChI is InChI=1S/C20H21ClN4O5/c1-11(26)24-12-4-3-5-13(8-12)29-9-15-20(2,28)16(27)19(30-15)25-7-6-14-17(21)22-10-23-18(14)25/h3-8,10,15-16,19,27-28H,9H2,1-2H3,(H,24,26)/t15-,16+,19-,20-/m1/s1. The molecule has 1 aliphatic heterocycles. The highest BCUT2D eigenvalue weighted by atomic mass is 35.5. The van der Waals surface area contributed by atoms with E-state index in [1.807, 2.05) is 0 Å². The molecule has 0 spiro atoms. The van der Waals surface area contributed by atoms with Crippen LogP contribution in [0.1, 0.15) is 20.1 Å². The summed E-state index contributed by atoms with van der Waals surface area (Å²) in [5.74, 6) is 0.299. The van der Waals surface area contributed by atoms with E-state index in [-0.39, 0.29) is 17.7 Å². The van der Waals surface area contributed by atoms with Gasteiger partial charge in [0.25, 0.3) is 0 Å². The molecular weight excluding hydrogens is 412 g/mol. The molecule has 1 saturated heterocycles. The van der Waals surface area contributed by atoms with Crippen molar-refractivity contribution in [1.82, 2.24) is 14.5 Å². The Kier molecular flexibility index (Phi) is 5.37. The first-order chi connectivity index (χ1) is 14.3. The number of amides is 1. The van der Waals surface area contributed by atoms with E-state index in [2.05, 4.69) is 15.3 Å². The van der Waals surface area contributed by atoms with Crippen LogP contribution in [-0.4, -0.2) is 55.1 Å². The molecule has 2 aromatic heterocycles. The first-order valence-electron chi connectivity index (χ1n) is 9.31. The van der Waals surface area contributed by atoms with E-state index in [4.69, 9.17) is 21.1 Å². The van der Waals surface area contributed by atoms with Crippen molar-refractivity contribution in [3.8, 4) is 5.75 Å². The van der Waals surface area contributed by atoms with Crippen molar-refractivity contribution in [2.75, 3.05) is 11.9 Å². The maximum Gasteiger partial charge on any atom is 0.221 e. The zero-order valence-electron chi connectivity index (χ0n) is 16.3. The average Bonchev–Trinajstić information content (AvgIpc) is 3.21. The zero-order valence-corrected chi connectivity index (χ0v) is 17.1. The van der Waals surface area contributed by atoms with Gasteiger partial charge in [-0.1, -0.05) is 17.7 Å². The van der Waals surface area contributed by atoms with Gasteiger partial charge in [-0.15, -0.1) is 0 Å². The van der Waals surface area contributed by atoms with Gasteiger partial charge in [0.15, 0.2) is 6.23 Å². The summed E-state index contributed by atoms with van der Waals surface area (Å²) in [5.41, 5.74) is -0.500. The van der Waals surface area contributed by atoms with Gasteiger partial charge in [-0.3, -0.25) is 4.79 Å². The van der Waals surface area contributed by atoms with Crippen molar-refractivity contribution in [1.29, 1.82) is 0 Å². The molecule has 3 N–H and O–H groups in total. The molecular formula is C20H21ClN4O5. The van der Waals surface area contributed by atoms with Crippen LogP contribution in [0.15, 0.2) is 42.9 Å². The summed E-state index contributed by atoms with van der Waals surface area (Å²) in [5, 5.41) is 25.2. The van der Waals surface area contributed by atoms with Gasteiger partial charge in [0.2, 0.25) is 5.91 Å². The van der Waals surface area contributed by atoms with Gasteiger partial charge in [0.05, 0.1) is 5.39 Å². The van der Waals surface area contributed by atoms with Crippen LogP contribution in [0.2, 0.25) is 5.15 Å². The van der Waals surface area contributed by atoms with E-state index in [0.29, 0.717) is 22.5 Å². The number of aromatic nitrogens is 3. The van der Waals surface area contributed by atoms with Gasteiger partial charge in [-0.2, -0.15) is 0 Å². The predicted octanol–water partition coefficient (Wildman–Crippen LogP) is 2.13. The number of benzene rings is 1. The average molecular weight is 433 g/mol. The zero-order chi connectivity index (χ0) is 21.5. The number of hydrogen-bond donors (Lipinski definition) is 3. The SMILES string of the molecule is CC(=O)Nc1cccc(OC[C@H]2O[C@@H](n3ccc4c(Cl)ncnc43)[C@H](O)[C@]2(C)O)c1. The summed E-state index contributed by atoms with van der Waals surface area (Å²) in [4.78, 5) is 19.4.